The Morgan fingerprint density at radius 1 is 1.10 bits per heavy atom. The van der Waals surface area contributed by atoms with Crippen LogP contribution in [0.1, 0.15) is 66.2 Å². The molecule has 10 nitrogen and oxygen atoms in total. The molecule has 10 heteroatoms. The monoisotopic (exact) mass is 550 g/mol. The summed E-state index contributed by atoms with van der Waals surface area (Å²) < 4.78 is 29.6. The van der Waals surface area contributed by atoms with Gasteiger partial charge in [0.25, 0.3) is 0 Å². The topological polar surface area (TPSA) is 110 Å². The van der Waals surface area contributed by atoms with Crippen LogP contribution in [0.3, 0.4) is 0 Å². The molecule has 4 fully saturated rings. The van der Waals surface area contributed by atoms with Gasteiger partial charge in [-0.1, -0.05) is 18.6 Å². The maximum atomic E-state index is 13.1. The van der Waals surface area contributed by atoms with E-state index >= 15 is 0 Å². The van der Waals surface area contributed by atoms with E-state index in [4.69, 9.17) is 23.7 Å². The molecule has 0 aromatic carbocycles. The molecule has 1 unspecified atom stereocenters. The lowest BCUT2D eigenvalue weighted by atomic mass is 9.68. The van der Waals surface area contributed by atoms with E-state index in [1.54, 1.807) is 18.9 Å². The van der Waals surface area contributed by atoms with Gasteiger partial charge in [-0.25, -0.2) is 4.79 Å². The third kappa shape index (κ3) is 7.20. The Labute approximate surface area is 232 Å². The predicted octanol–water partition coefficient (Wildman–Crippen LogP) is 3.12. The summed E-state index contributed by atoms with van der Waals surface area (Å²) in [7, 11) is 1.68. The summed E-state index contributed by atoms with van der Waals surface area (Å²) >= 11 is 0. The smallest absolute Gasteiger partial charge is 0.410 e. The number of Topliss-reactive ketones (excluding diaryl/α,β-unsaturated/α-hetero) is 1. The normalized spacial score (nSPS) is 33.9. The van der Waals surface area contributed by atoms with E-state index in [2.05, 4.69) is 31.7 Å². The molecule has 3 saturated heterocycles. The molecule has 39 heavy (non-hydrogen) atoms. The van der Waals surface area contributed by atoms with Crippen LogP contribution in [-0.2, 0) is 33.3 Å². The minimum atomic E-state index is -0.366. The van der Waals surface area contributed by atoms with E-state index < -0.39 is 0 Å². The van der Waals surface area contributed by atoms with Crippen LogP contribution in [0.15, 0.2) is 11.6 Å². The van der Waals surface area contributed by atoms with Gasteiger partial charge < -0.3 is 28.6 Å². The SMILES string of the molecule is CCC(=O)CCC(=O)OCCN1CCN(C(=O)O[C@@H]2CC[C@]3(CO3)[C@@H](C3(C)O[C@@H]3CC=C(C)C)[C@@H]2OC)CC1. The summed E-state index contributed by atoms with van der Waals surface area (Å²) in [5.74, 6) is -0.281. The number of hydrogen-bond donors (Lipinski definition) is 0. The number of nitrogens with zero attached hydrogens (tertiary/aromatic N) is 2. The van der Waals surface area contributed by atoms with Crippen molar-refractivity contribution in [1.29, 1.82) is 0 Å². The molecule has 1 amide bonds. The van der Waals surface area contributed by atoms with E-state index in [9.17, 15) is 14.4 Å². The van der Waals surface area contributed by atoms with E-state index in [1.165, 1.54) is 5.57 Å². The van der Waals surface area contributed by atoms with Crippen molar-refractivity contribution >= 4 is 17.8 Å². The van der Waals surface area contributed by atoms with Gasteiger partial charge in [-0.05, 0) is 40.0 Å². The lowest BCUT2D eigenvalue weighted by molar-refractivity contribution is -0.145. The first-order valence-electron chi connectivity index (χ1n) is 14.4. The standard InChI is InChI=1S/C29H46N2O8/c1-6-21(32)8-10-24(33)36-18-17-30-13-15-31(16-14-30)27(34)38-22-11-12-29(19-37-29)26(25(22)35-5)28(4)23(39-28)9-7-20(2)3/h7,22-23,25-26H,6,8-19H2,1-5H3/t22-,23-,25-,26-,28?,29+/m1/s1. The number of epoxide rings is 2. The largest absolute Gasteiger partial charge is 0.464 e. The quantitative estimate of drug-likeness (QED) is 0.206. The zero-order valence-electron chi connectivity index (χ0n) is 24.2. The Bertz CT molecular complexity index is 922. The summed E-state index contributed by atoms with van der Waals surface area (Å²) in [5.41, 5.74) is 0.651. The number of carbonyl (C=O) groups is 3. The van der Waals surface area contributed by atoms with Gasteiger partial charge in [0.05, 0.1) is 25.0 Å². The van der Waals surface area contributed by atoms with Crippen molar-refractivity contribution in [3.63, 3.8) is 0 Å². The van der Waals surface area contributed by atoms with E-state index in [-0.39, 0.29) is 72.7 Å². The first kappa shape index (κ1) is 30.0. The predicted molar refractivity (Wildman–Crippen MR) is 143 cm³/mol. The highest BCUT2D eigenvalue weighted by molar-refractivity contribution is 5.82. The van der Waals surface area contributed by atoms with Crippen molar-refractivity contribution in [2.75, 3.05) is 53.0 Å². The molecule has 1 saturated carbocycles. The molecule has 1 aliphatic carbocycles. The summed E-state index contributed by atoms with van der Waals surface area (Å²) in [4.78, 5) is 40.2. The molecule has 0 N–H and O–H groups in total. The van der Waals surface area contributed by atoms with Crippen LogP contribution in [-0.4, -0.2) is 110 Å². The lowest BCUT2D eigenvalue weighted by Crippen LogP contribution is -2.57. The second-order valence-corrected chi connectivity index (χ2v) is 11.7. The first-order valence-corrected chi connectivity index (χ1v) is 14.4. The van der Waals surface area contributed by atoms with Crippen molar-refractivity contribution in [2.24, 2.45) is 5.92 Å². The molecular weight excluding hydrogens is 504 g/mol. The molecule has 4 rings (SSSR count). The molecule has 1 spiro atoms. The van der Waals surface area contributed by atoms with Gasteiger partial charge in [0, 0.05) is 52.7 Å². The lowest BCUT2D eigenvalue weighted by Gasteiger charge is -2.43. The molecule has 0 radical (unpaired) electrons. The molecule has 220 valence electrons. The molecule has 3 heterocycles. The van der Waals surface area contributed by atoms with Gasteiger partial charge in [-0.15, -0.1) is 0 Å². The van der Waals surface area contributed by atoms with Crippen molar-refractivity contribution in [2.45, 2.75) is 95.7 Å². The molecule has 6 atom stereocenters. The number of methoxy groups -OCH3 is 1. The number of rotatable bonds is 12. The second kappa shape index (κ2) is 12.7. The van der Waals surface area contributed by atoms with Crippen LogP contribution in [0.2, 0.25) is 0 Å². The summed E-state index contributed by atoms with van der Waals surface area (Å²) in [5, 5.41) is 0. The zero-order valence-corrected chi connectivity index (χ0v) is 24.2. The second-order valence-electron chi connectivity index (χ2n) is 11.7. The van der Waals surface area contributed by atoms with Gasteiger partial charge in [0.1, 0.15) is 35.8 Å². The molecule has 4 aliphatic rings. The number of allylic oxidation sites excluding steroid dienone is 1. The van der Waals surface area contributed by atoms with Crippen molar-refractivity contribution < 1.29 is 38.1 Å². The maximum Gasteiger partial charge on any atom is 0.410 e. The highest BCUT2D eigenvalue weighted by Gasteiger charge is 2.72. The minimum Gasteiger partial charge on any atom is -0.464 e. The van der Waals surface area contributed by atoms with Crippen LogP contribution >= 0.6 is 0 Å². The number of piperazine rings is 1. The van der Waals surface area contributed by atoms with Gasteiger partial charge in [0.2, 0.25) is 0 Å². The Balaban J connectivity index is 1.23. The van der Waals surface area contributed by atoms with Gasteiger partial charge in [-0.2, -0.15) is 0 Å². The zero-order chi connectivity index (χ0) is 28.2. The van der Waals surface area contributed by atoms with Crippen LogP contribution in [0, 0.1) is 5.92 Å². The number of ketones is 1. The Kier molecular flexibility index (Phi) is 9.73. The van der Waals surface area contributed by atoms with Crippen LogP contribution < -0.4 is 0 Å². The third-order valence-electron chi connectivity index (χ3n) is 8.79. The molecule has 0 bridgehead atoms. The van der Waals surface area contributed by atoms with Crippen LogP contribution in [0.5, 0.6) is 0 Å². The maximum absolute atomic E-state index is 13.1. The van der Waals surface area contributed by atoms with E-state index in [0.717, 1.165) is 12.8 Å². The highest BCUT2D eigenvalue weighted by atomic mass is 16.6. The summed E-state index contributed by atoms with van der Waals surface area (Å²) in [6, 6.07) is 0. The Hall–Kier alpha value is -2.01. The van der Waals surface area contributed by atoms with Gasteiger partial charge >= 0.3 is 12.1 Å². The first-order chi connectivity index (χ1) is 18.6. The fourth-order valence-electron chi connectivity index (χ4n) is 6.21. The van der Waals surface area contributed by atoms with Crippen molar-refractivity contribution in [3.8, 4) is 0 Å². The average Bonchev–Trinajstić information content (AvgIpc) is 3.84. The fraction of sp³-hybridized carbons (Fsp3) is 0.828. The number of amides is 1. The molecule has 0 aromatic rings. The summed E-state index contributed by atoms with van der Waals surface area (Å²) in [6.45, 7) is 12.1. The highest BCUT2D eigenvalue weighted by Crippen LogP contribution is 2.59. The Morgan fingerprint density at radius 2 is 1.82 bits per heavy atom. The molecule has 3 aliphatic heterocycles. The Morgan fingerprint density at radius 3 is 2.44 bits per heavy atom. The molecular formula is C29H46N2O8. The van der Waals surface area contributed by atoms with Gasteiger partial charge in [0.15, 0.2) is 0 Å². The van der Waals surface area contributed by atoms with Crippen molar-refractivity contribution in [3.05, 3.63) is 11.6 Å². The van der Waals surface area contributed by atoms with Crippen molar-refractivity contribution in [1.82, 2.24) is 9.80 Å². The molecule has 0 aromatic heterocycles. The van der Waals surface area contributed by atoms with Crippen LogP contribution in [0.4, 0.5) is 4.79 Å². The van der Waals surface area contributed by atoms with Gasteiger partial charge in [-0.3, -0.25) is 14.5 Å². The number of hydrogen-bond acceptors (Lipinski definition) is 9. The summed E-state index contributed by atoms with van der Waals surface area (Å²) in [6.07, 6.45) is 4.52. The van der Waals surface area contributed by atoms with E-state index in [1.807, 2.05) is 0 Å². The minimum absolute atomic E-state index is 0.00300. The van der Waals surface area contributed by atoms with E-state index in [0.29, 0.717) is 52.2 Å². The average molecular weight is 551 g/mol. The number of ether oxygens (including phenoxy) is 5. The number of esters is 1. The van der Waals surface area contributed by atoms with Crippen LogP contribution in [0.25, 0.3) is 0 Å². The fourth-order valence-corrected chi connectivity index (χ4v) is 6.21. The third-order valence-corrected chi connectivity index (χ3v) is 8.79. The number of carbonyl (C=O) groups excluding carboxylic acids is 3.